The van der Waals surface area contributed by atoms with Crippen LogP contribution in [0.2, 0.25) is 0 Å². The van der Waals surface area contributed by atoms with E-state index in [0.717, 1.165) is 16.3 Å². The Balaban J connectivity index is 2.33. The van der Waals surface area contributed by atoms with Crippen molar-refractivity contribution in [3.63, 3.8) is 0 Å². The van der Waals surface area contributed by atoms with Crippen LogP contribution >= 0.6 is 11.3 Å². The van der Waals surface area contributed by atoms with Crippen molar-refractivity contribution in [2.24, 2.45) is 5.92 Å². The third kappa shape index (κ3) is 6.02. The van der Waals surface area contributed by atoms with E-state index >= 15 is 0 Å². The van der Waals surface area contributed by atoms with Gasteiger partial charge in [-0.3, -0.25) is 24.0 Å². The first-order valence-corrected chi connectivity index (χ1v) is 11.0. The third-order valence-electron chi connectivity index (χ3n) is 4.57. The number of thiazole rings is 1. The SMILES string of the molecule is CCCCN(C(=O)CN(C)Cc1cnc(C)s1)c1c(N)n(CC(C)C)c(=O)[nH]c1=O. The fourth-order valence-electron chi connectivity index (χ4n) is 3.18. The maximum Gasteiger partial charge on any atom is 0.330 e. The molecule has 0 aliphatic carbocycles. The van der Waals surface area contributed by atoms with E-state index in [1.165, 1.54) is 9.47 Å². The molecule has 2 aromatic heterocycles. The van der Waals surface area contributed by atoms with E-state index in [-0.39, 0.29) is 29.9 Å². The van der Waals surface area contributed by atoms with Gasteiger partial charge in [-0.25, -0.2) is 9.78 Å². The van der Waals surface area contributed by atoms with E-state index < -0.39 is 11.2 Å². The average Bonchev–Trinajstić information content (AvgIpc) is 3.05. The van der Waals surface area contributed by atoms with Crippen molar-refractivity contribution in [2.45, 2.75) is 53.6 Å². The molecule has 3 N–H and O–H groups in total. The predicted molar refractivity (Wildman–Crippen MR) is 121 cm³/mol. The summed E-state index contributed by atoms with van der Waals surface area (Å²) in [7, 11) is 1.85. The first-order chi connectivity index (χ1) is 14.1. The van der Waals surface area contributed by atoms with Gasteiger partial charge in [0, 0.05) is 30.7 Å². The predicted octanol–water partition coefficient (Wildman–Crippen LogP) is 1.80. The number of unbranched alkanes of at least 4 members (excludes halogenated alkanes) is 1. The Morgan fingerprint density at radius 1 is 1.37 bits per heavy atom. The minimum Gasteiger partial charge on any atom is -0.383 e. The van der Waals surface area contributed by atoms with Crippen molar-refractivity contribution in [1.29, 1.82) is 0 Å². The molecule has 30 heavy (non-hydrogen) atoms. The van der Waals surface area contributed by atoms with Crippen molar-refractivity contribution in [3.8, 4) is 0 Å². The lowest BCUT2D eigenvalue weighted by atomic mass is 10.2. The summed E-state index contributed by atoms with van der Waals surface area (Å²) in [6.45, 7) is 9.26. The zero-order chi connectivity index (χ0) is 22.4. The summed E-state index contributed by atoms with van der Waals surface area (Å²) < 4.78 is 1.33. The van der Waals surface area contributed by atoms with Crippen molar-refractivity contribution < 1.29 is 4.79 Å². The second-order valence-corrected chi connectivity index (χ2v) is 9.23. The van der Waals surface area contributed by atoms with E-state index in [1.807, 2.05) is 39.6 Å². The fraction of sp³-hybridized carbons (Fsp3) is 0.600. The number of aromatic nitrogens is 3. The van der Waals surface area contributed by atoms with Gasteiger partial charge in [0.15, 0.2) is 5.69 Å². The molecule has 2 aromatic rings. The average molecular weight is 437 g/mol. The van der Waals surface area contributed by atoms with Crippen LogP contribution in [-0.4, -0.2) is 45.5 Å². The number of aryl methyl sites for hydroxylation is 1. The molecule has 0 saturated carbocycles. The number of carbonyl (C=O) groups excluding carboxylic acids is 1. The molecule has 0 spiro atoms. The highest BCUT2D eigenvalue weighted by Gasteiger charge is 2.25. The van der Waals surface area contributed by atoms with Gasteiger partial charge in [0.05, 0.1) is 11.6 Å². The highest BCUT2D eigenvalue weighted by atomic mass is 32.1. The third-order valence-corrected chi connectivity index (χ3v) is 5.47. The Kier molecular flexibility index (Phi) is 8.36. The van der Waals surface area contributed by atoms with Crippen LogP contribution in [0.3, 0.4) is 0 Å². The highest BCUT2D eigenvalue weighted by molar-refractivity contribution is 7.11. The lowest BCUT2D eigenvalue weighted by Crippen LogP contribution is -2.45. The van der Waals surface area contributed by atoms with E-state index in [4.69, 9.17) is 5.73 Å². The van der Waals surface area contributed by atoms with Crippen molar-refractivity contribution >= 4 is 28.7 Å². The molecule has 2 heterocycles. The lowest BCUT2D eigenvalue weighted by molar-refractivity contribution is -0.119. The van der Waals surface area contributed by atoms with Crippen LogP contribution in [0.5, 0.6) is 0 Å². The number of rotatable bonds is 10. The number of nitrogens with one attached hydrogen (secondary N) is 1. The maximum absolute atomic E-state index is 13.2. The zero-order valence-electron chi connectivity index (χ0n) is 18.4. The maximum atomic E-state index is 13.2. The Hall–Kier alpha value is -2.46. The molecule has 9 nitrogen and oxygen atoms in total. The largest absolute Gasteiger partial charge is 0.383 e. The van der Waals surface area contributed by atoms with Gasteiger partial charge in [-0.05, 0) is 26.3 Å². The topological polar surface area (TPSA) is 117 Å². The molecule has 0 bridgehead atoms. The molecule has 0 aliphatic heterocycles. The molecule has 0 aromatic carbocycles. The summed E-state index contributed by atoms with van der Waals surface area (Å²) >= 11 is 1.59. The van der Waals surface area contributed by atoms with Gasteiger partial charge >= 0.3 is 5.69 Å². The zero-order valence-corrected chi connectivity index (χ0v) is 19.2. The number of anilines is 2. The molecule has 0 radical (unpaired) electrons. The monoisotopic (exact) mass is 436 g/mol. The van der Waals surface area contributed by atoms with Crippen LogP contribution < -0.4 is 21.9 Å². The summed E-state index contributed by atoms with van der Waals surface area (Å²) in [6.07, 6.45) is 3.37. The van der Waals surface area contributed by atoms with Gasteiger partial charge in [-0.15, -0.1) is 11.3 Å². The van der Waals surface area contributed by atoms with Crippen LogP contribution in [0, 0.1) is 12.8 Å². The van der Waals surface area contributed by atoms with Crippen LogP contribution in [0.1, 0.15) is 43.5 Å². The smallest absolute Gasteiger partial charge is 0.330 e. The van der Waals surface area contributed by atoms with Gasteiger partial charge < -0.3 is 10.6 Å². The van der Waals surface area contributed by atoms with Gasteiger partial charge in [-0.1, -0.05) is 27.2 Å². The van der Waals surface area contributed by atoms with E-state index in [0.29, 0.717) is 26.1 Å². The minimum absolute atomic E-state index is 0.0302. The van der Waals surface area contributed by atoms with Crippen LogP contribution in [-0.2, 0) is 17.9 Å². The highest BCUT2D eigenvalue weighted by Crippen LogP contribution is 2.19. The molecular formula is C20H32N6O3S. The number of aromatic amines is 1. The molecule has 0 unspecified atom stereocenters. The number of nitrogen functional groups attached to an aromatic ring is 1. The molecule has 0 atom stereocenters. The van der Waals surface area contributed by atoms with Gasteiger partial charge in [0.25, 0.3) is 5.56 Å². The van der Waals surface area contributed by atoms with E-state index in [1.54, 1.807) is 17.5 Å². The summed E-state index contributed by atoms with van der Waals surface area (Å²) in [5.74, 6) is -0.0562. The number of amides is 1. The normalized spacial score (nSPS) is 11.4. The second-order valence-electron chi connectivity index (χ2n) is 7.91. The molecule has 0 aliphatic rings. The standard InChI is InChI=1S/C20H32N6O3S/c1-6-7-8-25(16(27)12-24(5)11-15-9-22-14(4)30-15)17-18(21)26(10-13(2)3)20(29)23-19(17)28/h9,13H,6-8,10-12,21H2,1-5H3,(H,23,28,29). The number of hydrogen-bond acceptors (Lipinski definition) is 7. The lowest BCUT2D eigenvalue weighted by Gasteiger charge is -2.26. The van der Waals surface area contributed by atoms with E-state index in [2.05, 4.69) is 9.97 Å². The van der Waals surface area contributed by atoms with Crippen LogP contribution in [0.25, 0.3) is 0 Å². The first kappa shape index (κ1) is 23.8. The fourth-order valence-corrected chi connectivity index (χ4v) is 4.05. The molecule has 10 heteroatoms. The van der Waals surface area contributed by atoms with Crippen LogP contribution in [0.15, 0.2) is 15.8 Å². The van der Waals surface area contributed by atoms with Gasteiger partial charge in [0.1, 0.15) is 5.82 Å². The number of hydrogen-bond donors (Lipinski definition) is 2. The van der Waals surface area contributed by atoms with Crippen LogP contribution in [0.4, 0.5) is 11.5 Å². The molecule has 1 amide bonds. The first-order valence-electron chi connectivity index (χ1n) is 10.2. The van der Waals surface area contributed by atoms with E-state index in [9.17, 15) is 14.4 Å². The van der Waals surface area contributed by atoms with Crippen molar-refractivity contribution in [2.75, 3.05) is 30.8 Å². The van der Waals surface area contributed by atoms with Gasteiger partial charge in [0.2, 0.25) is 5.91 Å². The Labute approximate surface area is 180 Å². The number of carbonyl (C=O) groups is 1. The Bertz CT molecular complexity index is 978. The summed E-state index contributed by atoms with van der Waals surface area (Å²) in [5.41, 5.74) is 5.09. The second kappa shape index (κ2) is 10.5. The Morgan fingerprint density at radius 3 is 2.63 bits per heavy atom. The Morgan fingerprint density at radius 2 is 2.07 bits per heavy atom. The summed E-state index contributed by atoms with van der Waals surface area (Å²) in [6, 6.07) is 0. The van der Waals surface area contributed by atoms with Crippen molar-refractivity contribution in [1.82, 2.24) is 19.4 Å². The van der Waals surface area contributed by atoms with Gasteiger partial charge in [-0.2, -0.15) is 0 Å². The number of H-pyrrole nitrogens is 1. The number of nitrogens with zero attached hydrogens (tertiary/aromatic N) is 4. The minimum atomic E-state index is -0.636. The molecule has 0 saturated heterocycles. The molecule has 166 valence electrons. The quantitative estimate of drug-likeness (QED) is 0.586. The molecule has 2 rings (SSSR count). The number of likely N-dealkylation sites (N-methyl/N-ethyl adjacent to an activating group) is 1. The summed E-state index contributed by atoms with van der Waals surface area (Å²) in [5, 5.41) is 0.973. The molecule has 0 fully saturated rings. The van der Waals surface area contributed by atoms with Crippen molar-refractivity contribution in [3.05, 3.63) is 36.9 Å². The molecular weight excluding hydrogens is 404 g/mol. The summed E-state index contributed by atoms with van der Waals surface area (Å²) in [4.78, 5) is 48.9. The number of nitrogens with two attached hydrogens (primary N) is 1.